The molecule has 3 N–H and O–H groups in total. The van der Waals surface area contributed by atoms with E-state index in [1.165, 1.54) is 19.3 Å². The molecule has 0 bridgehead atoms. The molecule has 0 saturated heterocycles. The monoisotopic (exact) mass is 327 g/mol. The Bertz CT molecular complexity index is 400. The fraction of sp³-hybridized carbons (Fsp3) is 0.611. The number of nitrogens with two attached hydrogens (primary N) is 1. The molecule has 22 heavy (non-hydrogen) atoms. The number of Topliss-reactive ketones (excluding diaryl/α,β-unsaturated/α-hetero) is 1. The van der Waals surface area contributed by atoms with Gasteiger partial charge < -0.3 is 10.8 Å². The topological polar surface area (TPSA) is 63.3 Å². The molecular formula is C18H30ClNO2. The number of halogens is 1. The van der Waals surface area contributed by atoms with Gasteiger partial charge in [0.1, 0.15) is 5.78 Å². The van der Waals surface area contributed by atoms with E-state index in [4.69, 9.17) is 22.4 Å². The maximum Gasteiger partial charge on any atom is 0.138 e. The van der Waals surface area contributed by atoms with Gasteiger partial charge >= 0.3 is 0 Å². The Labute approximate surface area is 139 Å². The van der Waals surface area contributed by atoms with Gasteiger partial charge in [0.25, 0.3) is 0 Å². The second-order valence-electron chi connectivity index (χ2n) is 5.24. The standard InChI is InChI=1S/C10H12ClNO.C6H12O.C2H6/c1-7(13)10(6-12)8-2-4-9(11)5-3-8;7-6-4-2-1-3-5-6;1-2/h2-5,10H,6,12H2,1H3;6-7H,1-5H2;1-2H3. The molecule has 1 aromatic carbocycles. The molecule has 0 amide bonds. The second kappa shape index (κ2) is 12.6. The molecule has 1 aromatic rings. The predicted octanol–water partition coefficient (Wildman–Crippen LogP) is 4.31. The van der Waals surface area contributed by atoms with Gasteiger partial charge in [-0.1, -0.05) is 56.8 Å². The van der Waals surface area contributed by atoms with Crippen LogP contribution < -0.4 is 5.73 Å². The fourth-order valence-electron chi connectivity index (χ4n) is 2.31. The van der Waals surface area contributed by atoms with Gasteiger partial charge in [-0.25, -0.2) is 0 Å². The smallest absolute Gasteiger partial charge is 0.138 e. The molecule has 126 valence electrons. The van der Waals surface area contributed by atoms with Crippen LogP contribution in [0.2, 0.25) is 5.02 Å². The van der Waals surface area contributed by atoms with E-state index in [-0.39, 0.29) is 17.8 Å². The molecule has 2 rings (SSSR count). The van der Waals surface area contributed by atoms with Crippen LogP contribution in [0.3, 0.4) is 0 Å². The number of rotatable bonds is 3. The number of hydrogen-bond donors (Lipinski definition) is 2. The van der Waals surface area contributed by atoms with E-state index in [1.54, 1.807) is 19.1 Å². The Morgan fingerprint density at radius 2 is 1.73 bits per heavy atom. The number of carbonyl (C=O) groups excluding carboxylic acids is 1. The Kier molecular flexibility index (Phi) is 12.1. The van der Waals surface area contributed by atoms with Crippen molar-refractivity contribution in [1.82, 2.24) is 0 Å². The molecule has 0 aromatic heterocycles. The summed E-state index contributed by atoms with van der Waals surface area (Å²) in [4.78, 5) is 11.1. The summed E-state index contributed by atoms with van der Waals surface area (Å²) in [7, 11) is 0. The van der Waals surface area contributed by atoms with Crippen molar-refractivity contribution >= 4 is 17.4 Å². The first kappa shape index (κ1) is 21.1. The lowest BCUT2D eigenvalue weighted by Gasteiger charge is -2.14. The largest absolute Gasteiger partial charge is 0.393 e. The Morgan fingerprint density at radius 3 is 2.05 bits per heavy atom. The number of aliphatic hydroxyl groups excluding tert-OH is 1. The highest BCUT2D eigenvalue weighted by Gasteiger charge is 2.13. The molecule has 1 saturated carbocycles. The number of benzene rings is 1. The van der Waals surface area contributed by atoms with Gasteiger partial charge in [-0.05, 0) is 37.5 Å². The number of ketones is 1. The van der Waals surface area contributed by atoms with Gasteiger partial charge in [0, 0.05) is 11.6 Å². The summed E-state index contributed by atoms with van der Waals surface area (Å²) in [5.41, 5.74) is 6.42. The van der Waals surface area contributed by atoms with Crippen LogP contribution in [-0.2, 0) is 4.79 Å². The first-order valence-electron chi connectivity index (χ1n) is 8.18. The molecule has 1 fully saturated rings. The van der Waals surface area contributed by atoms with E-state index in [9.17, 15) is 4.79 Å². The van der Waals surface area contributed by atoms with Gasteiger partial charge in [0.15, 0.2) is 0 Å². The molecule has 0 spiro atoms. The second-order valence-corrected chi connectivity index (χ2v) is 5.68. The minimum Gasteiger partial charge on any atom is -0.393 e. The van der Waals surface area contributed by atoms with E-state index in [1.807, 2.05) is 26.0 Å². The number of carbonyl (C=O) groups is 1. The zero-order valence-electron chi connectivity index (χ0n) is 14.0. The van der Waals surface area contributed by atoms with Crippen LogP contribution >= 0.6 is 11.6 Å². The van der Waals surface area contributed by atoms with E-state index < -0.39 is 0 Å². The summed E-state index contributed by atoms with van der Waals surface area (Å²) in [6.07, 6.45) is 5.92. The summed E-state index contributed by atoms with van der Waals surface area (Å²) < 4.78 is 0. The third-order valence-corrected chi connectivity index (χ3v) is 3.83. The van der Waals surface area contributed by atoms with Crippen molar-refractivity contribution in [2.45, 2.75) is 64.9 Å². The van der Waals surface area contributed by atoms with Crippen LogP contribution in [0.15, 0.2) is 24.3 Å². The quantitative estimate of drug-likeness (QED) is 0.869. The maximum absolute atomic E-state index is 11.1. The van der Waals surface area contributed by atoms with Crippen LogP contribution in [0.1, 0.15) is 64.4 Å². The van der Waals surface area contributed by atoms with Crippen molar-refractivity contribution in [1.29, 1.82) is 0 Å². The molecule has 1 unspecified atom stereocenters. The SMILES string of the molecule is CC.CC(=O)C(CN)c1ccc(Cl)cc1.OC1CCCCC1. The highest BCUT2D eigenvalue weighted by Crippen LogP contribution is 2.18. The van der Waals surface area contributed by atoms with Gasteiger partial charge in [-0.15, -0.1) is 0 Å². The van der Waals surface area contributed by atoms with Crippen LogP contribution in [0.25, 0.3) is 0 Å². The van der Waals surface area contributed by atoms with Crippen molar-refractivity contribution < 1.29 is 9.90 Å². The van der Waals surface area contributed by atoms with Crippen LogP contribution in [0, 0.1) is 0 Å². The van der Waals surface area contributed by atoms with Gasteiger partial charge in [0.05, 0.1) is 12.0 Å². The Morgan fingerprint density at radius 1 is 1.23 bits per heavy atom. The molecule has 0 radical (unpaired) electrons. The summed E-state index contributed by atoms with van der Waals surface area (Å²) >= 11 is 5.72. The first-order valence-corrected chi connectivity index (χ1v) is 8.56. The average Bonchev–Trinajstić information content (AvgIpc) is 2.53. The molecule has 0 aliphatic heterocycles. The van der Waals surface area contributed by atoms with E-state index in [0.29, 0.717) is 11.6 Å². The normalized spacial score (nSPS) is 15.7. The highest BCUT2D eigenvalue weighted by molar-refractivity contribution is 6.30. The lowest BCUT2D eigenvalue weighted by molar-refractivity contribution is -0.118. The molecule has 1 atom stereocenters. The van der Waals surface area contributed by atoms with Crippen molar-refractivity contribution in [2.24, 2.45) is 5.73 Å². The van der Waals surface area contributed by atoms with Crippen molar-refractivity contribution in [2.75, 3.05) is 6.54 Å². The number of hydrogen-bond acceptors (Lipinski definition) is 3. The van der Waals surface area contributed by atoms with Crippen LogP contribution in [-0.4, -0.2) is 23.5 Å². The summed E-state index contributed by atoms with van der Waals surface area (Å²) in [6, 6.07) is 7.20. The molecule has 1 aliphatic rings. The maximum atomic E-state index is 11.1. The van der Waals surface area contributed by atoms with E-state index in [0.717, 1.165) is 18.4 Å². The Hall–Kier alpha value is -0.900. The summed E-state index contributed by atoms with van der Waals surface area (Å²) in [5.74, 6) is -0.109. The summed E-state index contributed by atoms with van der Waals surface area (Å²) in [6.45, 7) is 5.89. The van der Waals surface area contributed by atoms with Crippen molar-refractivity contribution in [3.63, 3.8) is 0 Å². The lowest BCUT2D eigenvalue weighted by Crippen LogP contribution is -2.19. The highest BCUT2D eigenvalue weighted by atomic mass is 35.5. The molecular weight excluding hydrogens is 298 g/mol. The average molecular weight is 328 g/mol. The third kappa shape index (κ3) is 8.52. The molecule has 1 aliphatic carbocycles. The zero-order chi connectivity index (χ0) is 17.0. The third-order valence-electron chi connectivity index (χ3n) is 3.57. The van der Waals surface area contributed by atoms with Gasteiger partial charge in [-0.3, -0.25) is 4.79 Å². The van der Waals surface area contributed by atoms with Gasteiger partial charge in [-0.2, -0.15) is 0 Å². The summed E-state index contributed by atoms with van der Waals surface area (Å²) in [5, 5.41) is 9.58. The van der Waals surface area contributed by atoms with Crippen LogP contribution in [0.5, 0.6) is 0 Å². The zero-order valence-corrected chi connectivity index (χ0v) is 14.8. The van der Waals surface area contributed by atoms with Gasteiger partial charge in [0.2, 0.25) is 0 Å². The minimum atomic E-state index is -0.197. The molecule has 3 nitrogen and oxygen atoms in total. The first-order chi connectivity index (χ1) is 10.5. The lowest BCUT2D eigenvalue weighted by atomic mass is 9.96. The minimum absolute atomic E-state index is 0.0359. The molecule has 0 heterocycles. The van der Waals surface area contributed by atoms with Crippen molar-refractivity contribution in [3.05, 3.63) is 34.9 Å². The fourth-order valence-corrected chi connectivity index (χ4v) is 2.44. The number of aliphatic hydroxyl groups is 1. The Balaban J connectivity index is 0.000000412. The van der Waals surface area contributed by atoms with E-state index in [2.05, 4.69) is 0 Å². The predicted molar refractivity (Wildman–Crippen MR) is 94.4 cm³/mol. The van der Waals surface area contributed by atoms with E-state index >= 15 is 0 Å². The van der Waals surface area contributed by atoms with Crippen LogP contribution in [0.4, 0.5) is 0 Å². The van der Waals surface area contributed by atoms with Crippen molar-refractivity contribution in [3.8, 4) is 0 Å². The molecule has 4 heteroatoms.